The standard InChI is InChI=1S/C30H26F6N2O/c1-4-13-38-17-20(3)28(39-18-21-10-9-19(2)27(14-21)30(34,35)36)22-11-12-23(16-37)25(15-22)24-7-5-6-8-26(24)29(31,32)33/h5-15,17,28H,4,18H2,1-3H3/b20-17+,38-13?. The van der Waals surface area contributed by atoms with Crippen molar-refractivity contribution in [3.05, 3.63) is 106 Å². The lowest BCUT2D eigenvalue weighted by atomic mass is 9.91. The predicted octanol–water partition coefficient (Wildman–Crippen LogP) is 9.21. The Morgan fingerprint density at radius 1 is 0.949 bits per heavy atom. The molecule has 3 aromatic carbocycles. The number of benzene rings is 3. The Morgan fingerprint density at radius 2 is 1.64 bits per heavy atom. The van der Waals surface area contributed by atoms with E-state index in [9.17, 15) is 31.6 Å². The maximum atomic E-state index is 13.8. The molecule has 3 nitrogen and oxygen atoms in total. The number of alkyl halides is 6. The van der Waals surface area contributed by atoms with Crippen LogP contribution < -0.4 is 0 Å². The van der Waals surface area contributed by atoms with Gasteiger partial charge in [0.15, 0.2) is 0 Å². The van der Waals surface area contributed by atoms with E-state index >= 15 is 0 Å². The molecular weight excluding hydrogens is 518 g/mol. The van der Waals surface area contributed by atoms with Crippen LogP contribution in [-0.2, 0) is 23.7 Å². The molecule has 0 saturated heterocycles. The molecule has 0 saturated carbocycles. The van der Waals surface area contributed by atoms with E-state index in [1.807, 2.05) is 13.0 Å². The van der Waals surface area contributed by atoms with Gasteiger partial charge >= 0.3 is 12.4 Å². The second-order valence-electron chi connectivity index (χ2n) is 8.91. The lowest BCUT2D eigenvalue weighted by Crippen LogP contribution is -2.11. The number of nitrogens with zero attached hydrogens (tertiary/aromatic N) is 2. The van der Waals surface area contributed by atoms with Crippen molar-refractivity contribution >= 4 is 6.21 Å². The number of hydrogen-bond acceptors (Lipinski definition) is 3. The van der Waals surface area contributed by atoms with E-state index in [1.165, 1.54) is 55.6 Å². The number of halogens is 6. The van der Waals surface area contributed by atoms with E-state index in [-0.39, 0.29) is 34.4 Å². The van der Waals surface area contributed by atoms with Crippen LogP contribution in [0.2, 0.25) is 0 Å². The predicted molar refractivity (Wildman–Crippen MR) is 138 cm³/mol. The van der Waals surface area contributed by atoms with Gasteiger partial charge in [-0.2, -0.15) is 31.6 Å². The van der Waals surface area contributed by atoms with Crippen LogP contribution in [0, 0.1) is 18.3 Å². The summed E-state index contributed by atoms with van der Waals surface area (Å²) >= 11 is 0. The van der Waals surface area contributed by atoms with Crippen molar-refractivity contribution in [2.45, 2.75) is 52.3 Å². The zero-order valence-corrected chi connectivity index (χ0v) is 21.5. The van der Waals surface area contributed by atoms with Gasteiger partial charge in [-0.3, -0.25) is 4.99 Å². The monoisotopic (exact) mass is 544 g/mol. The van der Waals surface area contributed by atoms with Gasteiger partial charge in [-0.15, -0.1) is 0 Å². The molecule has 39 heavy (non-hydrogen) atoms. The van der Waals surface area contributed by atoms with E-state index < -0.39 is 29.6 Å². The first-order chi connectivity index (χ1) is 18.4. The molecule has 3 rings (SSSR count). The first-order valence-electron chi connectivity index (χ1n) is 12.0. The summed E-state index contributed by atoms with van der Waals surface area (Å²) in [7, 11) is 0. The minimum atomic E-state index is -4.65. The summed E-state index contributed by atoms with van der Waals surface area (Å²) in [6.45, 7) is 4.76. The molecule has 0 N–H and O–H groups in total. The fourth-order valence-corrected chi connectivity index (χ4v) is 4.09. The van der Waals surface area contributed by atoms with Gasteiger partial charge in [0.05, 0.1) is 29.4 Å². The average Bonchev–Trinajstić information content (AvgIpc) is 2.88. The Morgan fingerprint density at radius 3 is 2.28 bits per heavy atom. The molecule has 0 spiro atoms. The van der Waals surface area contributed by atoms with E-state index in [2.05, 4.69) is 4.99 Å². The zero-order chi connectivity index (χ0) is 28.8. The lowest BCUT2D eigenvalue weighted by molar-refractivity contribution is -0.138. The summed E-state index contributed by atoms with van der Waals surface area (Å²) < 4.78 is 87.6. The van der Waals surface area contributed by atoms with Crippen LogP contribution in [0.3, 0.4) is 0 Å². The van der Waals surface area contributed by atoms with Crippen LogP contribution in [0.5, 0.6) is 0 Å². The maximum Gasteiger partial charge on any atom is 0.417 e. The van der Waals surface area contributed by atoms with Gasteiger partial charge in [-0.05, 0) is 72.4 Å². The molecule has 1 atom stereocenters. The number of rotatable bonds is 8. The highest BCUT2D eigenvalue weighted by Gasteiger charge is 2.34. The Bertz CT molecular complexity index is 1410. The fraction of sp³-hybridized carbons (Fsp3) is 0.267. The molecule has 0 heterocycles. The van der Waals surface area contributed by atoms with Gasteiger partial charge in [-0.1, -0.05) is 43.3 Å². The number of aliphatic imine (C=N–C) groups is 1. The SMILES string of the molecule is CCC=N/C=C(\C)C(OCc1ccc(C)c(C(F)(F)F)c1)c1ccc(C#N)c(-c2ccccc2C(F)(F)F)c1. The minimum absolute atomic E-state index is 0.0354. The normalized spacial score (nSPS) is 13.5. The van der Waals surface area contributed by atoms with Crippen molar-refractivity contribution in [3.8, 4) is 17.2 Å². The third kappa shape index (κ3) is 7.36. The summed E-state index contributed by atoms with van der Waals surface area (Å²) in [5.74, 6) is 0. The zero-order valence-electron chi connectivity index (χ0n) is 21.5. The Labute approximate surface area is 223 Å². The molecule has 0 amide bonds. The van der Waals surface area contributed by atoms with Gasteiger partial charge in [0.25, 0.3) is 0 Å². The molecule has 0 aromatic heterocycles. The molecule has 0 radical (unpaired) electrons. The van der Waals surface area contributed by atoms with Crippen molar-refractivity contribution in [1.29, 1.82) is 5.26 Å². The summed E-state index contributed by atoms with van der Waals surface area (Å²) in [6.07, 6.45) is -6.20. The third-order valence-corrected chi connectivity index (χ3v) is 5.99. The van der Waals surface area contributed by atoms with Crippen LogP contribution in [0.25, 0.3) is 11.1 Å². The number of nitriles is 1. The second-order valence-corrected chi connectivity index (χ2v) is 8.91. The molecule has 204 valence electrons. The first kappa shape index (κ1) is 29.7. The van der Waals surface area contributed by atoms with Gasteiger partial charge in [0, 0.05) is 18.0 Å². The highest BCUT2D eigenvalue weighted by atomic mass is 19.4. The Balaban J connectivity index is 2.09. The van der Waals surface area contributed by atoms with Crippen molar-refractivity contribution in [1.82, 2.24) is 0 Å². The molecule has 0 aliphatic carbocycles. The van der Waals surface area contributed by atoms with Crippen LogP contribution in [0.4, 0.5) is 26.3 Å². The molecule has 1 unspecified atom stereocenters. The van der Waals surface area contributed by atoms with E-state index in [4.69, 9.17) is 4.74 Å². The highest BCUT2D eigenvalue weighted by Crippen LogP contribution is 2.40. The molecule has 3 aromatic rings. The van der Waals surface area contributed by atoms with Crippen molar-refractivity contribution in [2.75, 3.05) is 0 Å². The van der Waals surface area contributed by atoms with Crippen LogP contribution in [0.1, 0.15) is 59.8 Å². The van der Waals surface area contributed by atoms with E-state index in [0.29, 0.717) is 17.6 Å². The highest BCUT2D eigenvalue weighted by molar-refractivity contribution is 5.74. The van der Waals surface area contributed by atoms with Crippen LogP contribution in [0.15, 0.2) is 77.4 Å². The second kappa shape index (κ2) is 12.3. The van der Waals surface area contributed by atoms with Gasteiger partial charge < -0.3 is 4.74 Å². The fourth-order valence-electron chi connectivity index (χ4n) is 4.09. The van der Waals surface area contributed by atoms with Crippen LogP contribution in [-0.4, -0.2) is 6.21 Å². The van der Waals surface area contributed by atoms with Crippen molar-refractivity contribution in [2.24, 2.45) is 4.99 Å². The van der Waals surface area contributed by atoms with Gasteiger partial charge in [0.1, 0.15) is 6.10 Å². The van der Waals surface area contributed by atoms with Gasteiger partial charge in [-0.25, -0.2) is 0 Å². The molecule has 0 fully saturated rings. The van der Waals surface area contributed by atoms with E-state index in [1.54, 1.807) is 19.2 Å². The quantitative estimate of drug-likeness (QED) is 0.210. The largest absolute Gasteiger partial charge is 0.417 e. The molecule has 0 aliphatic rings. The first-order valence-corrected chi connectivity index (χ1v) is 12.0. The van der Waals surface area contributed by atoms with Gasteiger partial charge in [0.2, 0.25) is 0 Å². The van der Waals surface area contributed by atoms with Crippen molar-refractivity contribution < 1.29 is 31.1 Å². The number of hydrogen-bond donors (Lipinski definition) is 0. The van der Waals surface area contributed by atoms with E-state index in [0.717, 1.165) is 12.1 Å². The lowest BCUT2D eigenvalue weighted by Gasteiger charge is -2.22. The maximum absolute atomic E-state index is 13.8. The third-order valence-electron chi connectivity index (χ3n) is 5.99. The minimum Gasteiger partial charge on any atom is -0.364 e. The summed E-state index contributed by atoms with van der Waals surface area (Å²) in [5, 5.41) is 9.64. The van der Waals surface area contributed by atoms with Crippen LogP contribution >= 0.6 is 0 Å². The molecule has 0 aliphatic heterocycles. The molecular formula is C30H26F6N2O. The topological polar surface area (TPSA) is 45.4 Å². The summed E-state index contributed by atoms with van der Waals surface area (Å²) in [6, 6.07) is 15.2. The average molecular weight is 545 g/mol. The Hall–Kier alpha value is -3.90. The number of aryl methyl sites for hydroxylation is 1. The Kier molecular flexibility index (Phi) is 9.36. The summed E-state index contributed by atoms with van der Waals surface area (Å²) in [5.41, 5.74) is -0.385. The summed E-state index contributed by atoms with van der Waals surface area (Å²) in [4.78, 5) is 4.19. The molecule has 0 bridgehead atoms. The number of ether oxygens (including phenoxy) is 1. The smallest absolute Gasteiger partial charge is 0.364 e. The molecule has 9 heteroatoms. The van der Waals surface area contributed by atoms with Crippen molar-refractivity contribution in [3.63, 3.8) is 0 Å².